The van der Waals surface area contributed by atoms with Crippen molar-refractivity contribution in [3.8, 4) is 0 Å². The Kier molecular flexibility index (Phi) is 22.6. The van der Waals surface area contributed by atoms with Crippen LogP contribution < -0.4 is 104 Å². The summed E-state index contributed by atoms with van der Waals surface area (Å²) in [5.74, 6) is -1.79. The average molecular weight is 313 g/mol. The molecule has 17 heavy (non-hydrogen) atoms. The topological polar surface area (TPSA) is 143 Å². The van der Waals surface area contributed by atoms with Gasteiger partial charge in [0.2, 0.25) is 0 Å². The van der Waals surface area contributed by atoms with E-state index in [1.807, 2.05) is 0 Å². The minimum absolute atomic E-state index is 0. The number of carbonyl (C=O) groups is 1. The number of aliphatic carboxylic acids is 1. The van der Waals surface area contributed by atoms with E-state index >= 15 is 0 Å². The quantitative estimate of drug-likeness (QED) is 0.205. The third-order valence-corrected chi connectivity index (χ3v) is 2.92. The summed E-state index contributed by atoms with van der Waals surface area (Å²) < 4.78 is 18.6. The van der Waals surface area contributed by atoms with Crippen molar-refractivity contribution in [1.82, 2.24) is 0 Å². The molecule has 84 valence electrons. The van der Waals surface area contributed by atoms with Gasteiger partial charge in [-0.1, -0.05) is 0 Å². The monoisotopic (exact) mass is 313 g/mol. The summed E-state index contributed by atoms with van der Waals surface area (Å²) >= 11 is 0. The second-order valence-corrected chi connectivity index (χ2v) is 4.77. The molecule has 13 heteroatoms. The van der Waals surface area contributed by atoms with Gasteiger partial charge in [-0.15, -0.1) is 0 Å². The molecule has 8 nitrogen and oxygen atoms in total. The molecule has 0 amide bonds. The van der Waals surface area contributed by atoms with Gasteiger partial charge in [0.1, 0.15) is 19.1 Å². The molecular formula is C4H8NNa3O7P2. The summed E-state index contributed by atoms with van der Waals surface area (Å²) in [4.78, 5) is 30.5. The summed E-state index contributed by atoms with van der Waals surface area (Å²) in [5.41, 5.74) is 0. The molecular weight excluding hydrogens is 305 g/mol. The van der Waals surface area contributed by atoms with Crippen molar-refractivity contribution in [2.75, 3.05) is 19.1 Å². The molecule has 0 spiro atoms. The molecule has 0 rings (SSSR count). The van der Waals surface area contributed by atoms with Gasteiger partial charge in [0.05, 0.1) is 22.0 Å². The van der Waals surface area contributed by atoms with E-state index in [1.54, 1.807) is 0 Å². The van der Waals surface area contributed by atoms with Gasteiger partial charge in [0.15, 0.2) is 0 Å². The number of carbonyl (C=O) groups excluding carboxylic acids is 1. The summed E-state index contributed by atoms with van der Waals surface area (Å²) in [6.45, 7) is -1.18. The fraction of sp³-hybridized carbons (Fsp3) is 0.750. The van der Waals surface area contributed by atoms with Crippen LogP contribution in [0.1, 0.15) is 0 Å². The van der Waals surface area contributed by atoms with Crippen molar-refractivity contribution in [2.24, 2.45) is 0 Å². The molecule has 0 saturated carbocycles. The Labute approximate surface area is 166 Å². The van der Waals surface area contributed by atoms with Crippen LogP contribution >= 0.6 is 16.1 Å². The zero-order chi connectivity index (χ0) is 11.4. The van der Waals surface area contributed by atoms with E-state index in [2.05, 4.69) is 0 Å². The molecule has 0 aromatic heterocycles. The Morgan fingerprint density at radius 2 is 1.29 bits per heavy atom. The minimum atomic E-state index is -3.47. The van der Waals surface area contributed by atoms with E-state index in [-0.39, 0.29) is 88.7 Å². The molecule has 0 heterocycles. The minimum Gasteiger partial charge on any atom is -0.798 e. The maximum Gasteiger partial charge on any atom is 1.00 e. The third-order valence-electron chi connectivity index (χ3n) is 1.25. The molecule has 0 bridgehead atoms. The summed E-state index contributed by atoms with van der Waals surface area (Å²) in [6, 6.07) is 0. The second kappa shape index (κ2) is 13.7. The van der Waals surface area contributed by atoms with Crippen molar-refractivity contribution in [1.29, 1.82) is 0 Å². The average Bonchev–Trinajstić information content (AvgIpc) is 1.76. The van der Waals surface area contributed by atoms with Crippen LogP contribution in [0, 0.1) is 5.21 Å². The van der Waals surface area contributed by atoms with Crippen LogP contribution in [-0.2, 0) is 13.9 Å². The molecule has 0 aliphatic heterocycles. The molecule has 0 N–H and O–H groups in total. The first kappa shape index (κ1) is 28.0. The zero-order valence-electron chi connectivity index (χ0n) is 9.93. The van der Waals surface area contributed by atoms with Crippen LogP contribution in [0.3, 0.4) is 0 Å². The van der Waals surface area contributed by atoms with E-state index in [0.717, 1.165) is 0 Å². The van der Waals surface area contributed by atoms with E-state index in [9.17, 15) is 34.0 Å². The first-order chi connectivity index (χ1) is 6.25. The Bertz CT molecular complexity index is 237. The van der Waals surface area contributed by atoms with Crippen LogP contribution in [0.5, 0.6) is 0 Å². The number of rotatable bonds is 6. The standard InChI is InChI=1S/C4H11NO7P2.3Na/c6-4(7)1-5(8,2-13(9)10)3-14(11)12;;;/h13-14H,1-3H2,(H,6,7)(H,9,10)(H,11,12);;;/q;3*+1/p-3. The van der Waals surface area contributed by atoms with Crippen molar-refractivity contribution < 1.29 is 122 Å². The molecule has 0 radical (unpaired) electrons. The van der Waals surface area contributed by atoms with Gasteiger partial charge in [-0.25, -0.2) is 0 Å². The summed E-state index contributed by atoms with van der Waals surface area (Å²) in [6.07, 6.45) is -2.09. The number of hydrogen-bond donors (Lipinski definition) is 0. The first-order valence-electron chi connectivity index (χ1n) is 3.42. The normalized spacial score (nSPS) is 16.2. The third kappa shape index (κ3) is 16.7. The Hall–Kier alpha value is 2.77. The van der Waals surface area contributed by atoms with Crippen LogP contribution in [0.2, 0.25) is 0 Å². The Balaban J connectivity index is -0.000000282. The predicted octanol–water partition coefficient (Wildman–Crippen LogP) is -12.4. The van der Waals surface area contributed by atoms with Gasteiger partial charge in [0, 0.05) is 0 Å². The van der Waals surface area contributed by atoms with Crippen molar-refractivity contribution in [3.63, 3.8) is 0 Å². The van der Waals surface area contributed by atoms with Crippen molar-refractivity contribution >= 4 is 22.0 Å². The smallest absolute Gasteiger partial charge is 0.798 e. The van der Waals surface area contributed by atoms with E-state index < -0.39 is 45.8 Å². The van der Waals surface area contributed by atoms with Crippen LogP contribution in [-0.4, -0.2) is 29.7 Å². The first-order valence-corrected chi connectivity index (χ1v) is 6.46. The Morgan fingerprint density at radius 3 is 1.47 bits per heavy atom. The van der Waals surface area contributed by atoms with Gasteiger partial charge in [-0.05, 0) is 0 Å². The fourth-order valence-electron chi connectivity index (χ4n) is 0.874. The van der Waals surface area contributed by atoms with E-state index in [4.69, 9.17) is 0 Å². The summed E-state index contributed by atoms with van der Waals surface area (Å²) in [7, 11) is -6.95. The molecule has 0 aromatic carbocycles. The number of carboxylic acids is 1. The largest absolute Gasteiger partial charge is 1.00 e. The van der Waals surface area contributed by atoms with Crippen LogP contribution in [0.25, 0.3) is 0 Å². The van der Waals surface area contributed by atoms with E-state index in [0.29, 0.717) is 0 Å². The fourth-order valence-corrected chi connectivity index (χ4v) is 2.49. The second-order valence-electron chi connectivity index (χ2n) is 2.65. The number of hydrogen-bond acceptors (Lipinski definition) is 7. The van der Waals surface area contributed by atoms with Gasteiger partial charge in [-0.3, -0.25) is 0 Å². The molecule has 0 aliphatic carbocycles. The molecule has 0 fully saturated rings. The van der Waals surface area contributed by atoms with E-state index in [1.165, 1.54) is 0 Å². The van der Waals surface area contributed by atoms with Gasteiger partial charge < -0.3 is 38.7 Å². The SMILES string of the molecule is O=C([O-])C[N+]([O-])(C[PH](=O)[O-])C[PH](=O)[O-].[Na+].[Na+].[Na+]. The molecule has 0 aromatic rings. The molecule has 0 aliphatic rings. The molecule has 2 atom stereocenters. The van der Waals surface area contributed by atoms with Crippen LogP contribution in [0.15, 0.2) is 0 Å². The van der Waals surface area contributed by atoms with Gasteiger partial charge >= 0.3 is 88.7 Å². The summed E-state index contributed by atoms with van der Waals surface area (Å²) in [5, 5.41) is 21.4. The molecule has 0 saturated heterocycles. The maximum absolute atomic E-state index is 11.3. The number of quaternary nitrogens is 1. The zero-order valence-corrected chi connectivity index (χ0v) is 17.9. The number of hydroxylamine groups is 3. The van der Waals surface area contributed by atoms with Crippen LogP contribution in [0.4, 0.5) is 0 Å². The number of carboxylic acid groups (broad SMARTS) is 1. The van der Waals surface area contributed by atoms with Crippen molar-refractivity contribution in [2.45, 2.75) is 0 Å². The van der Waals surface area contributed by atoms with Gasteiger partial charge in [0.25, 0.3) is 0 Å². The number of nitrogens with zero attached hydrogens (tertiary/aromatic N) is 1. The van der Waals surface area contributed by atoms with Crippen molar-refractivity contribution in [3.05, 3.63) is 5.21 Å². The Morgan fingerprint density at radius 1 is 1.00 bits per heavy atom. The maximum atomic E-state index is 11.3. The molecule has 2 unspecified atom stereocenters. The van der Waals surface area contributed by atoms with Gasteiger partial charge in [-0.2, -0.15) is 0 Å². The predicted molar refractivity (Wildman–Crippen MR) is 41.2 cm³/mol.